The van der Waals surface area contributed by atoms with Crippen LogP contribution in [0.1, 0.15) is 25.3 Å². The first-order valence-corrected chi connectivity index (χ1v) is 7.62. The Kier molecular flexibility index (Phi) is 3.97. The third kappa shape index (κ3) is 2.83. The highest BCUT2D eigenvalue weighted by Gasteiger charge is 2.15. The number of H-pyrrole nitrogens is 1. The highest BCUT2D eigenvalue weighted by Crippen LogP contribution is 2.24. The van der Waals surface area contributed by atoms with Gasteiger partial charge < -0.3 is 14.6 Å². The minimum atomic E-state index is 0.906. The molecular formula is C17H24N2O. The predicted octanol–water partition coefficient (Wildman–Crippen LogP) is 3.45. The molecular weight excluding hydrogens is 248 g/mol. The normalized spacial score (nSPS) is 17.7. The summed E-state index contributed by atoms with van der Waals surface area (Å²) in [4.78, 5) is 5.96. The molecule has 3 nitrogen and oxygen atoms in total. The van der Waals surface area contributed by atoms with Crippen molar-refractivity contribution in [2.45, 2.75) is 26.2 Å². The van der Waals surface area contributed by atoms with E-state index in [0.717, 1.165) is 24.6 Å². The lowest BCUT2D eigenvalue weighted by molar-refractivity contribution is 0.194. The molecule has 1 aromatic heterocycles. The zero-order valence-electron chi connectivity index (χ0n) is 12.5. The van der Waals surface area contributed by atoms with Crippen molar-refractivity contribution in [2.24, 2.45) is 5.92 Å². The van der Waals surface area contributed by atoms with Gasteiger partial charge in [0, 0.05) is 23.6 Å². The average molecular weight is 272 g/mol. The molecule has 0 radical (unpaired) electrons. The van der Waals surface area contributed by atoms with E-state index in [4.69, 9.17) is 4.74 Å². The molecule has 2 aromatic rings. The standard InChI is InChI=1S/C17H24N2O/c1-13-5-8-19(9-6-13)10-7-14-12-18-17-4-3-15(20-2)11-16(14)17/h3-4,11-13,18H,5-10H2,1-2H3. The van der Waals surface area contributed by atoms with Gasteiger partial charge in [-0.3, -0.25) is 0 Å². The number of nitrogens with zero attached hydrogens (tertiary/aromatic N) is 1. The van der Waals surface area contributed by atoms with Gasteiger partial charge in [-0.1, -0.05) is 6.92 Å². The van der Waals surface area contributed by atoms with Crippen molar-refractivity contribution in [1.29, 1.82) is 0 Å². The maximum Gasteiger partial charge on any atom is 0.119 e. The first-order valence-electron chi connectivity index (χ1n) is 7.62. The monoisotopic (exact) mass is 272 g/mol. The molecule has 20 heavy (non-hydrogen) atoms. The zero-order chi connectivity index (χ0) is 13.9. The molecule has 1 aromatic carbocycles. The number of hydrogen-bond acceptors (Lipinski definition) is 2. The van der Waals surface area contributed by atoms with Gasteiger partial charge in [0.1, 0.15) is 5.75 Å². The second kappa shape index (κ2) is 5.88. The van der Waals surface area contributed by atoms with E-state index in [1.165, 1.54) is 42.4 Å². The molecule has 1 aliphatic rings. The highest BCUT2D eigenvalue weighted by atomic mass is 16.5. The molecule has 2 heterocycles. The average Bonchev–Trinajstić information content (AvgIpc) is 2.89. The fraction of sp³-hybridized carbons (Fsp3) is 0.529. The SMILES string of the molecule is COc1ccc2[nH]cc(CCN3CCC(C)CC3)c2c1. The Morgan fingerprint density at radius 3 is 2.85 bits per heavy atom. The molecule has 1 fully saturated rings. The van der Waals surface area contributed by atoms with Gasteiger partial charge in [0.05, 0.1) is 7.11 Å². The van der Waals surface area contributed by atoms with E-state index in [0.29, 0.717) is 0 Å². The summed E-state index contributed by atoms with van der Waals surface area (Å²) >= 11 is 0. The Balaban J connectivity index is 1.68. The third-order valence-corrected chi connectivity index (χ3v) is 4.55. The fourth-order valence-corrected chi connectivity index (χ4v) is 3.06. The van der Waals surface area contributed by atoms with Crippen molar-refractivity contribution >= 4 is 10.9 Å². The molecule has 3 rings (SSSR count). The lowest BCUT2D eigenvalue weighted by atomic mass is 9.99. The molecule has 0 saturated carbocycles. The number of ether oxygens (including phenoxy) is 1. The number of nitrogens with one attached hydrogen (secondary N) is 1. The highest BCUT2D eigenvalue weighted by molar-refractivity contribution is 5.84. The molecule has 0 unspecified atom stereocenters. The molecule has 108 valence electrons. The van der Waals surface area contributed by atoms with Crippen molar-refractivity contribution in [3.63, 3.8) is 0 Å². The largest absolute Gasteiger partial charge is 0.497 e. The van der Waals surface area contributed by atoms with Crippen molar-refractivity contribution in [3.8, 4) is 5.75 Å². The number of piperidine rings is 1. The van der Waals surface area contributed by atoms with E-state index < -0.39 is 0 Å². The Morgan fingerprint density at radius 2 is 2.10 bits per heavy atom. The second-order valence-corrected chi connectivity index (χ2v) is 6.00. The van der Waals surface area contributed by atoms with Crippen LogP contribution in [0, 0.1) is 5.92 Å². The van der Waals surface area contributed by atoms with Crippen LogP contribution in [-0.2, 0) is 6.42 Å². The summed E-state index contributed by atoms with van der Waals surface area (Å²) in [6, 6.07) is 6.24. The predicted molar refractivity (Wildman–Crippen MR) is 83.4 cm³/mol. The minimum absolute atomic E-state index is 0.906. The van der Waals surface area contributed by atoms with Gasteiger partial charge in [-0.25, -0.2) is 0 Å². The second-order valence-electron chi connectivity index (χ2n) is 6.00. The smallest absolute Gasteiger partial charge is 0.119 e. The Hall–Kier alpha value is -1.48. The summed E-state index contributed by atoms with van der Waals surface area (Å²) in [6.07, 6.45) is 5.96. The lowest BCUT2D eigenvalue weighted by Gasteiger charge is -2.30. The van der Waals surface area contributed by atoms with Crippen molar-refractivity contribution in [1.82, 2.24) is 9.88 Å². The van der Waals surface area contributed by atoms with Gasteiger partial charge >= 0.3 is 0 Å². The number of hydrogen-bond donors (Lipinski definition) is 1. The van der Waals surface area contributed by atoms with Crippen LogP contribution in [0.4, 0.5) is 0 Å². The molecule has 0 spiro atoms. The van der Waals surface area contributed by atoms with Crippen molar-refractivity contribution in [2.75, 3.05) is 26.7 Å². The van der Waals surface area contributed by atoms with E-state index in [9.17, 15) is 0 Å². The van der Waals surface area contributed by atoms with E-state index in [2.05, 4.69) is 35.1 Å². The van der Waals surface area contributed by atoms with Crippen LogP contribution in [-0.4, -0.2) is 36.6 Å². The third-order valence-electron chi connectivity index (χ3n) is 4.55. The van der Waals surface area contributed by atoms with Crippen LogP contribution in [0.25, 0.3) is 10.9 Å². The van der Waals surface area contributed by atoms with Gasteiger partial charge in [-0.15, -0.1) is 0 Å². The van der Waals surface area contributed by atoms with Crippen LogP contribution in [0.15, 0.2) is 24.4 Å². The van der Waals surface area contributed by atoms with Crippen LogP contribution in [0.3, 0.4) is 0 Å². The summed E-state index contributed by atoms with van der Waals surface area (Å²) in [5.41, 5.74) is 2.60. The molecule has 0 atom stereocenters. The number of aromatic nitrogens is 1. The quantitative estimate of drug-likeness (QED) is 0.923. The van der Waals surface area contributed by atoms with Crippen LogP contribution >= 0.6 is 0 Å². The maximum atomic E-state index is 5.33. The lowest BCUT2D eigenvalue weighted by Crippen LogP contribution is -2.34. The number of aromatic amines is 1. The summed E-state index contributed by atoms with van der Waals surface area (Å²) in [7, 11) is 1.72. The van der Waals surface area contributed by atoms with Crippen LogP contribution < -0.4 is 4.74 Å². The maximum absolute atomic E-state index is 5.33. The van der Waals surface area contributed by atoms with Gasteiger partial charge in [-0.05, 0) is 62.0 Å². The number of rotatable bonds is 4. The summed E-state index contributed by atoms with van der Waals surface area (Å²) < 4.78 is 5.33. The van der Waals surface area contributed by atoms with Gasteiger partial charge in [0.25, 0.3) is 0 Å². The first kappa shape index (κ1) is 13.5. The first-order chi connectivity index (χ1) is 9.76. The van der Waals surface area contributed by atoms with E-state index >= 15 is 0 Å². The number of benzene rings is 1. The molecule has 1 aliphatic heterocycles. The molecule has 1 saturated heterocycles. The number of likely N-dealkylation sites (tertiary alicyclic amines) is 1. The minimum Gasteiger partial charge on any atom is -0.497 e. The van der Waals surface area contributed by atoms with E-state index in [1.54, 1.807) is 7.11 Å². The molecule has 3 heteroatoms. The Bertz CT molecular complexity index is 567. The van der Waals surface area contributed by atoms with E-state index in [-0.39, 0.29) is 0 Å². The van der Waals surface area contributed by atoms with Crippen LogP contribution in [0.2, 0.25) is 0 Å². The Labute approximate surface area is 120 Å². The topological polar surface area (TPSA) is 28.3 Å². The van der Waals surface area contributed by atoms with E-state index in [1.807, 2.05) is 6.07 Å². The molecule has 1 N–H and O–H groups in total. The number of fused-ring (bicyclic) bond motifs is 1. The molecule has 0 amide bonds. The van der Waals surface area contributed by atoms with Gasteiger partial charge in [0.15, 0.2) is 0 Å². The summed E-state index contributed by atoms with van der Waals surface area (Å²) in [5, 5.41) is 1.30. The fourth-order valence-electron chi connectivity index (χ4n) is 3.06. The van der Waals surface area contributed by atoms with Crippen LogP contribution in [0.5, 0.6) is 5.75 Å². The molecule has 0 aliphatic carbocycles. The number of methoxy groups -OCH3 is 1. The van der Waals surface area contributed by atoms with Gasteiger partial charge in [0.2, 0.25) is 0 Å². The molecule has 0 bridgehead atoms. The Morgan fingerprint density at radius 1 is 1.30 bits per heavy atom. The van der Waals surface area contributed by atoms with Gasteiger partial charge in [-0.2, -0.15) is 0 Å². The summed E-state index contributed by atoms with van der Waals surface area (Å²) in [5.74, 6) is 1.84. The van der Waals surface area contributed by atoms with Crippen molar-refractivity contribution in [3.05, 3.63) is 30.0 Å². The zero-order valence-corrected chi connectivity index (χ0v) is 12.5. The van der Waals surface area contributed by atoms with Crippen molar-refractivity contribution < 1.29 is 4.74 Å². The summed E-state index contributed by atoms with van der Waals surface area (Å²) in [6.45, 7) is 6.04.